The third-order valence-electron chi connectivity index (χ3n) is 4.28. The van der Waals surface area contributed by atoms with Crippen molar-refractivity contribution in [3.63, 3.8) is 0 Å². The molecule has 2 heterocycles. The van der Waals surface area contributed by atoms with Crippen LogP contribution in [0.4, 0.5) is 8.78 Å². The quantitative estimate of drug-likeness (QED) is 0.816. The molecule has 0 radical (unpaired) electrons. The molecule has 0 unspecified atom stereocenters. The predicted molar refractivity (Wildman–Crippen MR) is 90.4 cm³/mol. The molecule has 8 heteroatoms. The van der Waals surface area contributed by atoms with E-state index < -0.39 is 17.5 Å². The van der Waals surface area contributed by atoms with Crippen LogP contribution >= 0.6 is 0 Å². The molecule has 0 aliphatic carbocycles. The van der Waals surface area contributed by atoms with E-state index in [1.54, 1.807) is 0 Å². The highest BCUT2D eigenvalue weighted by Crippen LogP contribution is 2.15. The molecule has 0 spiro atoms. The summed E-state index contributed by atoms with van der Waals surface area (Å²) >= 11 is 0. The number of aromatic nitrogens is 2. The van der Waals surface area contributed by atoms with Crippen LogP contribution in [0, 0.1) is 17.6 Å². The van der Waals surface area contributed by atoms with Crippen molar-refractivity contribution in [2.45, 2.75) is 26.8 Å². The first-order chi connectivity index (χ1) is 12.4. The molecule has 0 saturated carbocycles. The Balaban J connectivity index is 1.55. The molecule has 1 saturated heterocycles. The minimum Gasteiger partial charge on any atom is -0.339 e. The van der Waals surface area contributed by atoms with Crippen LogP contribution < -0.4 is 0 Å². The van der Waals surface area contributed by atoms with Crippen LogP contribution in [0.5, 0.6) is 0 Å². The summed E-state index contributed by atoms with van der Waals surface area (Å²) in [5.74, 6) is -0.116. The summed E-state index contributed by atoms with van der Waals surface area (Å²) in [6.07, 6.45) is 0.745. The minimum absolute atomic E-state index is 0.227. The number of benzene rings is 1. The molecule has 2 aromatic rings. The van der Waals surface area contributed by atoms with E-state index in [4.69, 9.17) is 4.52 Å². The second-order valence-corrected chi connectivity index (χ2v) is 6.89. The van der Waals surface area contributed by atoms with Crippen molar-refractivity contribution in [2.75, 3.05) is 26.2 Å². The summed E-state index contributed by atoms with van der Waals surface area (Å²) in [7, 11) is 0. The van der Waals surface area contributed by atoms with Gasteiger partial charge in [0.25, 0.3) is 5.91 Å². The van der Waals surface area contributed by atoms with Crippen LogP contribution in [-0.4, -0.2) is 52.0 Å². The van der Waals surface area contributed by atoms with Crippen molar-refractivity contribution in [3.05, 3.63) is 47.1 Å². The molecule has 1 aliphatic rings. The van der Waals surface area contributed by atoms with E-state index >= 15 is 0 Å². The van der Waals surface area contributed by atoms with Crippen LogP contribution in [0.1, 0.15) is 35.9 Å². The maximum absolute atomic E-state index is 13.8. The van der Waals surface area contributed by atoms with E-state index in [1.165, 1.54) is 4.90 Å². The average molecular weight is 364 g/mol. The van der Waals surface area contributed by atoms with Crippen molar-refractivity contribution in [1.82, 2.24) is 19.9 Å². The van der Waals surface area contributed by atoms with Crippen LogP contribution in [0.2, 0.25) is 0 Å². The Kier molecular flexibility index (Phi) is 5.61. The molecular weight excluding hydrogens is 342 g/mol. The normalized spacial score (nSPS) is 15.7. The Morgan fingerprint density at radius 1 is 1.23 bits per heavy atom. The first-order valence-electron chi connectivity index (χ1n) is 8.70. The van der Waals surface area contributed by atoms with Gasteiger partial charge in [0.1, 0.15) is 11.6 Å². The molecule has 26 heavy (non-hydrogen) atoms. The number of rotatable bonds is 5. The molecule has 1 fully saturated rings. The number of hydrogen-bond acceptors (Lipinski definition) is 5. The van der Waals surface area contributed by atoms with Crippen molar-refractivity contribution in [2.24, 2.45) is 5.92 Å². The van der Waals surface area contributed by atoms with Crippen LogP contribution in [0.3, 0.4) is 0 Å². The minimum atomic E-state index is -0.705. The monoisotopic (exact) mass is 364 g/mol. The summed E-state index contributed by atoms with van der Waals surface area (Å²) in [5.41, 5.74) is -0.227. The zero-order chi connectivity index (χ0) is 18.7. The Bertz CT molecular complexity index is 770. The van der Waals surface area contributed by atoms with Gasteiger partial charge >= 0.3 is 0 Å². The fourth-order valence-electron chi connectivity index (χ4n) is 2.93. The van der Waals surface area contributed by atoms with Gasteiger partial charge in [0, 0.05) is 32.6 Å². The number of carbonyl (C=O) groups excluding carboxylic acids is 1. The summed E-state index contributed by atoms with van der Waals surface area (Å²) in [6.45, 7) is 6.80. The van der Waals surface area contributed by atoms with Crippen LogP contribution in [-0.2, 0) is 13.0 Å². The van der Waals surface area contributed by atoms with Crippen molar-refractivity contribution >= 4 is 5.91 Å². The highest BCUT2D eigenvalue weighted by Gasteiger charge is 2.25. The molecule has 1 aliphatic heterocycles. The highest BCUT2D eigenvalue weighted by atomic mass is 19.1. The maximum Gasteiger partial charge on any atom is 0.257 e. The molecule has 0 N–H and O–H groups in total. The molecule has 6 nitrogen and oxygen atoms in total. The second-order valence-electron chi connectivity index (χ2n) is 6.89. The van der Waals surface area contributed by atoms with Gasteiger partial charge in [0.2, 0.25) is 5.89 Å². The third-order valence-corrected chi connectivity index (χ3v) is 4.28. The summed E-state index contributed by atoms with van der Waals surface area (Å²) in [5, 5.41) is 3.99. The summed E-state index contributed by atoms with van der Waals surface area (Å²) in [4.78, 5) is 20.4. The van der Waals surface area contributed by atoms with E-state index in [-0.39, 0.29) is 5.56 Å². The molecule has 1 amide bonds. The van der Waals surface area contributed by atoms with E-state index in [0.717, 1.165) is 24.6 Å². The Hall–Kier alpha value is -2.35. The number of carbonyl (C=O) groups is 1. The lowest BCUT2D eigenvalue weighted by Gasteiger charge is -2.34. The van der Waals surface area contributed by atoms with Crippen molar-refractivity contribution in [1.29, 1.82) is 0 Å². The van der Waals surface area contributed by atoms with Gasteiger partial charge in [-0.2, -0.15) is 4.98 Å². The van der Waals surface area contributed by atoms with Crippen molar-refractivity contribution < 1.29 is 18.1 Å². The van der Waals surface area contributed by atoms with Crippen LogP contribution in [0.15, 0.2) is 22.7 Å². The third kappa shape index (κ3) is 4.43. The highest BCUT2D eigenvalue weighted by molar-refractivity contribution is 5.94. The zero-order valence-corrected chi connectivity index (χ0v) is 14.9. The molecule has 0 bridgehead atoms. The lowest BCUT2D eigenvalue weighted by Crippen LogP contribution is -2.48. The maximum atomic E-state index is 13.8. The number of nitrogens with zero attached hydrogens (tertiary/aromatic N) is 4. The molecule has 140 valence electrons. The van der Waals surface area contributed by atoms with Gasteiger partial charge in [-0.1, -0.05) is 19.0 Å². The van der Waals surface area contributed by atoms with E-state index in [2.05, 4.69) is 28.9 Å². The standard InChI is InChI=1S/C18H22F2N4O2/c1-12(2)9-17-21-16(22-26-17)11-23-5-7-24(8-6-23)18(25)14-10-13(19)3-4-15(14)20/h3-4,10,12H,5-9,11H2,1-2H3. The smallest absolute Gasteiger partial charge is 0.257 e. The first kappa shape index (κ1) is 18.4. The largest absolute Gasteiger partial charge is 0.339 e. The van der Waals surface area contributed by atoms with Gasteiger partial charge in [0.15, 0.2) is 5.82 Å². The van der Waals surface area contributed by atoms with E-state index in [9.17, 15) is 13.6 Å². The molecule has 3 rings (SSSR count). The van der Waals surface area contributed by atoms with Gasteiger partial charge in [-0.05, 0) is 24.1 Å². The van der Waals surface area contributed by atoms with Gasteiger partial charge < -0.3 is 9.42 Å². The molecule has 0 atom stereocenters. The summed E-state index contributed by atoms with van der Waals surface area (Å²) < 4.78 is 32.3. The number of hydrogen-bond donors (Lipinski definition) is 0. The van der Waals surface area contributed by atoms with Crippen LogP contribution in [0.25, 0.3) is 0 Å². The fraction of sp³-hybridized carbons (Fsp3) is 0.500. The zero-order valence-electron chi connectivity index (χ0n) is 14.9. The lowest BCUT2D eigenvalue weighted by atomic mass is 10.1. The lowest BCUT2D eigenvalue weighted by molar-refractivity contribution is 0.0619. The Labute approximate surface area is 150 Å². The average Bonchev–Trinajstić information content (AvgIpc) is 3.03. The van der Waals surface area contributed by atoms with Gasteiger partial charge in [0.05, 0.1) is 12.1 Å². The predicted octanol–water partition coefficient (Wildman–Crippen LogP) is 2.50. The molecular formula is C18H22F2N4O2. The van der Waals surface area contributed by atoms with E-state index in [0.29, 0.717) is 50.4 Å². The Morgan fingerprint density at radius 2 is 1.96 bits per heavy atom. The molecule has 1 aromatic carbocycles. The van der Waals surface area contributed by atoms with Gasteiger partial charge in [-0.3, -0.25) is 9.69 Å². The topological polar surface area (TPSA) is 62.5 Å². The first-order valence-corrected chi connectivity index (χ1v) is 8.70. The SMILES string of the molecule is CC(C)Cc1nc(CN2CCN(C(=O)c3cc(F)ccc3F)CC2)no1. The fourth-order valence-corrected chi connectivity index (χ4v) is 2.93. The van der Waals surface area contributed by atoms with Gasteiger partial charge in [-0.15, -0.1) is 0 Å². The van der Waals surface area contributed by atoms with Gasteiger partial charge in [-0.25, -0.2) is 8.78 Å². The second kappa shape index (κ2) is 7.90. The van der Waals surface area contributed by atoms with E-state index in [1.807, 2.05) is 0 Å². The number of amides is 1. The summed E-state index contributed by atoms with van der Waals surface area (Å²) in [6, 6.07) is 2.92. The Morgan fingerprint density at radius 3 is 2.65 bits per heavy atom. The van der Waals surface area contributed by atoms with Crippen molar-refractivity contribution in [3.8, 4) is 0 Å². The number of halogens is 2. The number of piperazine rings is 1. The molecule has 1 aromatic heterocycles.